The number of halogens is 1. The van der Waals surface area contributed by atoms with Crippen LogP contribution in [-0.4, -0.2) is 20.6 Å². The minimum absolute atomic E-state index is 0.0529. The van der Waals surface area contributed by atoms with Crippen molar-refractivity contribution in [2.24, 2.45) is 0 Å². The van der Waals surface area contributed by atoms with Gasteiger partial charge in [-0.3, -0.25) is 14.9 Å². The number of nitro groups is 1. The van der Waals surface area contributed by atoms with E-state index in [0.717, 1.165) is 0 Å². The van der Waals surface area contributed by atoms with Crippen LogP contribution in [0.15, 0.2) is 60.8 Å². The van der Waals surface area contributed by atoms with E-state index in [9.17, 15) is 19.3 Å². The van der Waals surface area contributed by atoms with E-state index < -0.39 is 16.6 Å². The van der Waals surface area contributed by atoms with Gasteiger partial charge in [0.15, 0.2) is 0 Å². The second kappa shape index (κ2) is 6.29. The number of anilines is 1. The molecule has 8 heteroatoms. The first-order valence-electron chi connectivity index (χ1n) is 6.91. The van der Waals surface area contributed by atoms with Crippen molar-refractivity contribution in [3.05, 3.63) is 82.3 Å². The molecule has 0 radical (unpaired) electrons. The standard InChI is InChI=1S/C16H11FN4O3/c17-14-4-2-1-3-13(14)16(22)19-15-9-10-18-20(15)11-5-7-12(8-6-11)21(23)24/h1-10H,(H,19,22). The van der Waals surface area contributed by atoms with Crippen LogP contribution in [-0.2, 0) is 0 Å². The molecule has 1 N–H and O–H groups in total. The molecule has 0 aliphatic heterocycles. The number of carbonyl (C=O) groups excluding carboxylic acids is 1. The zero-order valence-corrected chi connectivity index (χ0v) is 12.2. The quantitative estimate of drug-likeness (QED) is 0.589. The van der Waals surface area contributed by atoms with Gasteiger partial charge >= 0.3 is 0 Å². The van der Waals surface area contributed by atoms with Gasteiger partial charge in [-0.1, -0.05) is 12.1 Å². The van der Waals surface area contributed by atoms with E-state index in [1.54, 1.807) is 12.1 Å². The second-order valence-corrected chi connectivity index (χ2v) is 4.84. The molecular formula is C16H11FN4O3. The molecule has 0 aliphatic rings. The second-order valence-electron chi connectivity index (χ2n) is 4.84. The number of aromatic nitrogens is 2. The average molecular weight is 326 g/mol. The van der Waals surface area contributed by atoms with E-state index in [1.165, 1.54) is 53.3 Å². The predicted molar refractivity (Wildman–Crippen MR) is 84.6 cm³/mol. The predicted octanol–water partition coefficient (Wildman–Crippen LogP) is 3.17. The number of hydrogen-bond acceptors (Lipinski definition) is 4. The fraction of sp³-hybridized carbons (Fsp3) is 0. The van der Waals surface area contributed by atoms with Crippen molar-refractivity contribution < 1.29 is 14.1 Å². The van der Waals surface area contributed by atoms with Gasteiger partial charge < -0.3 is 5.32 Å². The number of hydrogen-bond donors (Lipinski definition) is 1. The Kier molecular flexibility index (Phi) is 4.02. The molecule has 1 amide bonds. The summed E-state index contributed by atoms with van der Waals surface area (Å²) in [6, 6.07) is 12.8. The van der Waals surface area contributed by atoms with Gasteiger partial charge in [-0.25, -0.2) is 9.07 Å². The summed E-state index contributed by atoms with van der Waals surface area (Å²) >= 11 is 0. The van der Waals surface area contributed by atoms with Crippen molar-refractivity contribution in [2.45, 2.75) is 0 Å². The fourth-order valence-corrected chi connectivity index (χ4v) is 2.15. The molecule has 0 fully saturated rings. The number of amides is 1. The zero-order chi connectivity index (χ0) is 17.1. The molecule has 3 aromatic rings. The third-order valence-corrected chi connectivity index (χ3v) is 3.31. The lowest BCUT2D eigenvalue weighted by Crippen LogP contribution is -2.16. The Balaban J connectivity index is 1.87. The third kappa shape index (κ3) is 2.98. The first kappa shape index (κ1) is 15.3. The van der Waals surface area contributed by atoms with Gasteiger partial charge in [0.1, 0.15) is 11.6 Å². The molecule has 0 spiro atoms. The largest absolute Gasteiger partial charge is 0.306 e. The van der Waals surface area contributed by atoms with Gasteiger partial charge in [-0.05, 0) is 24.3 Å². The first-order valence-corrected chi connectivity index (χ1v) is 6.91. The van der Waals surface area contributed by atoms with Crippen LogP contribution in [0, 0.1) is 15.9 Å². The lowest BCUT2D eigenvalue weighted by molar-refractivity contribution is -0.384. The van der Waals surface area contributed by atoms with Crippen molar-refractivity contribution >= 4 is 17.4 Å². The summed E-state index contributed by atoms with van der Waals surface area (Å²) < 4.78 is 15.1. The lowest BCUT2D eigenvalue weighted by Gasteiger charge is -2.09. The van der Waals surface area contributed by atoms with Crippen LogP contribution >= 0.6 is 0 Å². The van der Waals surface area contributed by atoms with Gasteiger partial charge in [0.05, 0.1) is 22.4 Å². The molecule has 2 aromatic carbocycles. The van der Waals surface area contributed by atoms with E-state index in [4.69, 9.17) is 0 Å². The van der Waals surface area contributed by atoms with Crippen LogP contribution in [0.25, 0.3) is 5.69 Å². The van der Waals surface area contributed by atoms with Gasteiger partial charge in [0, 0.05) is 18.2 Å². The van der Waals surface area contributed by atoms with Crippen molar-refractivity contribution in [3.63, 3.8) is 0 Å². The normalized spacial score (nSPS) is 10.4. The lowest BCUT2D eigenvalue weighted by atomic mass is 10.2. The smallest absolute Gasteiger partial charge is 0.269 e. The van der Waals surface area contributed by atoms with E-state index in [0.29, 0.717) is 11.5 Å². The summed E-state index contributed by atoms with van der Waals surface area (Å²) in [5, 5.41) is 17.3. The Labute approximate surface area is 135 Å². The number of nitrogens with zero attached hydrogens (tertiary/aromatic N) is 3. The third-order valence-electron chi connectivity index (χ3n) is 3.31. The van der Waals surface area contributed by atoms with E-state index in [-0.39, 0.29) is 11.3 Å². The Hall–Kier alpha value is -3.55. The highest BCUT2D eigenvalue weighted by molar-refractivity contribution is 6.04. The molecule has 0 aliphatic carbocycles. The molecule has 1 heterocycles. The summed E-state index contributed by atoms with van der Waals surface area (Å²) in [5.41, 5.74) is 0.381. The van der Waals surface area contributed by atoms with Crippen LogP contribution in [0.3, 0.4) is 0 Å². The molecule has 0 saturated heterocycles. The molecule has 0 atom stereocenters. The van der Waals surface area contributed by atoms with Crippen molar-refractivity contribution in [1.29, 1.82) is 0 Å². The molecular weight excluding hydrogens is 315 g/mol. The molecule has 3 rings (SSSR count). The summed E-state index contributed by atoms with van der Waals surface area (Å²) in [4.78, 5) is 22.4. The van der Waals surface area contributed by atoms with Crippen LogP contribution in [0.4, 0.5) is 15.9 Å². The summed E-state index contributed by atoms with van der Waals surface area (Å²) in [5.74, 6) is -0.926. The Morgan fingerprint density at radius 3 is 2.50 bits per heavy atom. The number of rotatable bonds is 4. The zero-order valence-electron chi connectivity index (χ0n) is 12.2. The minimum Gasteiger partial charge on any atom is -0.306 e. The monoisotopic (exact) mass is 326 g/mol. The first-order chi connectivity index (χ1) is 11.6. The maximum absolute atomic E-state index is 13.7. The van der Waals surface area contributed by atoms with Gasteiger partial charge in [0.25, 0.3) is 11.6 Å². The topological polar surface area (TPSA) is 90.1 Å². The van der Waals surface area contributed by atoms with E-state index in [1.807, 2.05) is 0 Å². The maximum Gasteiger partial charge on any atom is 0.269 e. The van der Waals surface area contributed by atoms with Gasteiger partial charge in [-0.2, -0.15) is 5.10 Å². The highest BCUT2D eigenvalue weighted by atomic mass is 19.1. The summed E-state index contributed by atoms with van der Waals surface area (Å²) in [6.07, 6.45) is 1.46. The average Bonchev–Trinajstić information content (AvgIpc) is 3.03. The van der Waals surface area contributed by atoms with Crippen molar-refractivity contribution in [1.82, 2.24) is 9.78 Å². The molecule has 0 saturated carbocycles. The van der Waals surface area contributed by atoms with Crippen LogP contribution < -0.4 is 5.32 Å². The van der Waals surface area contributed by atoms with E-state index >= 15 is 0 Å². The van der Waals surface area contributed by atoms with Gasteiger partial charge in [0.2, 0.25) is 0 Å². The highest BCUT2D eigenvalue weighted by Crippen LogP contribution is 2.19. The number of nitrogens with one attached hydrogen (secondary N) is 1. The highest BCUT2D eigenvalue weighted by Gasteiger charge is 2.14. The Morgan fingerprint density at radius 2 is 1.83 bits per heavy atom. The number of nitro benzene ring substituents is 1. The Bertz CT molecular complexity index is 906. The number of benzene rings is 2. The summed E-state index contributed by atoms with van der Waals surface area (Å²) in [7, 11) is 0. The van der Waals surface area contributed by atoms with Crippen LogP contribution in [0.5, 0.6) is 0 Å². The SMILES string of the molecule is O=C(Nc1ccnn1-c1ccc([N+](=O)[O-])cc1)c1ccccc1F. The number of non-ortho nitro benzene ring substituents is 1. The fourth-order valence-electron chi connectivity index (χ4n) is 2.15. The van der Waals surface area contributed by atoms with E-state index in [2.05, 4.69) is 10.4 Å². The Morgan fingerprint density at radius 1 is 1.12 bits per heavy atom. The molecule has 0 bridgehead atoms. The van der Waals surface area contributed by atoms with Crippen molar-refractivity contribution in [2.75, 3.05) is 5.32 Å². The minimum atomic E-state index is -0.628. The van der Waals surface area contributed by atoms with Crippen molar-refractivity contribution in [3.8, 4) is 5.69 Å². The van der Waals surface area contributed by atoms with Gasteiger partial charge in [-0.15, -0.1) is 0 Å². The maximum atomic E-state index is 13.7. The molecule has 0 unspecified atom stereocenters. The number of carbonyl (C=O) groups is 1. The van der Waals surface area contributed by atoms with Crippen LogP contribution in [0.1, 0.15) is 10.4 Å². The molecule has 7 nitrogen and oxygen atoms in total. The molecule has 1 aromatic heterocycles. The molecule has 120 valence electrons. The molecule has 24 heavy (non-hydrogen) atoms. The van der Waals surface area contributed by atoms with Crippen LogP contribution in [0.2, 0.25) is 0 Å². The summed E-state index contributed by atoms with van der Waals surface area (Å²) in [6.45, 7) is 0.